The van der Waals surface area contributed by atoms with E-state index in [4.69, 9.17) is 0 Å². The third-order valence-corrected chi connectivity index (χ3v) is 3.54. The van der Waals surface area contributed by atoms with Gasteiger partial charge in [0.05, 0.1) is 0 Å². The Morgan fingerprint density at radius 3 is 2.56 bits per heavy atom. The van der Waals surface area contributed by atoms with Crippen molar-refractivity contribution in [1.82, 2.24) is 4.90 Å². The lowest BCUT2D eigenvalue weighted by Gasteiger charge is -2.26. The topological polar surface area (TPSA) is 20.3 Å². The van der Waals surface area contributed by atoms with Crippen molar-refractivity contribution < 1.29 is 9.18 Å². The number of nitrogens with zero attached hydrogens (tertiary/aromatic N) is 1. The van der Waals surface area contributed by atoms with Crippen LogP contribution in [0.15, 0.2) is 22.7 Å². The minimum Gasteiger partial charge on any atom is -0.336 e. The first-order chi connectivity index (χ1) is 8.45. The minimum absolute atomic E-state index is 0.0959. The van der Waals surface area contributed by atoms with Gasteiger partial charge < -0.3 is 4.90 Å². The second kappa shape index (κ2) is 7.24. The van der Waals surface area contributed by atoms with Gasteiger partial charge in [0.1, 0.15) is 5.82 Å². The lowest BCUT2D eigenvalue weighted by molar-refractivity contribution is 0.0706. The van der Waals surface area contributed by atoms with E-state index in [-0.39, 0.29) is 11.9 Å². The van der Waals surface area contributed by atoms with Crippen LogP contribution in [0.25, 0.3) is 0 Å². The molecule has 0 saturated heterocycles. The molecule has 0 unspecified atom stereocenters. The maximum atomic E-state index is 13.3. The average Bonchev–Trinajstić information content (AvgIpc) is 2.27. The molecule has 0 saturated carbocycles. The highest BCUT2D eigenvalue weighted by Gasteiger charge is 2.19. The number of benzene rings is 1. The molecule has 1 amide bonds. The number of halogens is 3. The number of carbonyl (C=O) groups excluding carboxylic acids is 1. The van der Waals surface area contributed by atoms with Gasteiger partial charge in [0.25, 0.3) is 5.91 Å². The summed E-state index contributed by atoms with van der Waals surface area (Å²) in [6.45, 7) is 4.58. The van der Waals surface area contributed by atoms with Crippen molar-refractivity contribution >= 4 is 37.8 Å². The Morgan fingerprint density at radius 2 is 2.06 bits per heavy atom. The summed E-state index contributed by atoms with van der Waals surface area (Å²) >= 11 is 6.55. The highest BCUT2D eigenvalue weighted by molar-refractivity contribution is 9.10. The maximum absolute atomic E-state index is 13.3. The molecule has 0 atom stereocenters. The van der Waals surface area contributed by atoms with E-state index in [1.54, 1.807) is 11.0 Å². The summed E-state index contributed by atoms with van der Waals surface area (Å²) in [7, 11) is 0. The molecule has 0 N–H and O–H groups in total. The summed E-state index contributed by atoms with van der Waals surface area (Å²) in [6, 6.07) is 4.36. The molecule has 0 radical (unpaired) electrons. The van der Waals surface area contributed by atoms with Gasteiger partial charge in [0, 0.05) is 28.0 Å². The number of carbonyl (C=O) groups is 1. The molecule has 0 spiro atoms. The zero-order valence-corrected chi connectivity index (χ0v) is 13.6. The minimum atomic E-state index is -0.406. The molecular weight excluding hydrogens is 365 g/mol. The fourth-order valence-electron chi connectivity index (χ4n) is 1.67. The van der Waals surface area contributed by atoms with Gasteiger partial charge in [-0.25, -0.2) is 4.39 Å². The molecular formula is C13H16Br2FNO. The van der Waals surface area contributed by atoms with E-state index >= 15 is 0 Å². The third kappa shape index (κ3) is 4.35. The van der Waals surface area contributed by atoms with Gasteiger partial charge in [-0.2, -0.15) is 0 Å². The van der Waals surface area contributed by atoms with Crippen molar-refractivity contribution in [2.75, 3.05) is 11.9 Å². The van der Waals surface area contributed by atoms with Crippen molar-refractivity contribution in [1.29, 1.82) is 0 Å². The van der Waals surface area contributed by atoms with Crippen LogP contribution in [0.2, 0.25) is 0 Å². The van der Waals surface area contributed by atoms with E-state index in [0.717, 1.165) is 11.8 Å². The summed E-state index contributed by atoms with van der Waals surface area (Å²) in [4.78, 5) is 14.1. The second-order valence-electron chi connectivity index (χ2n) is 4.29. The lowest BCUT2D eigenvalue weighted by atomic mass is 10.1. The Kier molecular flexibility index (Phi) is 6.29. The summed E-state index contributed by atoms with van der Waals surface area (Å²) in [5, 5.41) is 0.844. The van der Waals surface area contributed by atoms with E-state index in [1.165, 1.54) is 12.1 Å². The molecule has 1 rings (SSSR count). The van der Waals surface area contributed by atoms with Crippen molar-refractivity contribution in [3.8, 4) is 0 Å². The zero-order chi connectivity index (χ0) is 13.7. The average molecular weight is 381 g/mol. The highest BCUT2D eigenvalue weighted by atomic mass is 79.9. The predicted octanol–water partition coefficient (Wildman–Crippen LogP) is 4.22. The Bertz CT molecular complexity index is 403. The number of alkyl halides is 1. The standard InChI is InChI=1S/C13H16Br2FNO/c1-9(2)17(5-3-4-14)13(18)10-6-11(15)8-12(16)7-10/h6-9H,3-5H2,1-2H3. The van der Waals surface area contributed by atoms with E-state index < -0.39 is 5.82 Å². The smallest absolute Gasteiger partial charge is 0.254 e. The van der Waals surface area contributed by atoms with Gasteiger partial charge >= 0.3 is 0 Å². The molecule has 1 aromatic carbocycles. The molecule has 0 aliphatic rings. The van der Waals surface area contributed by atoms with Crippen LogP contribution in [0.5, 0.6) is 0 Å². The van der Waals surface area contributed by atoms with Crippen molar-refractivity contribution in [3.05, 3.63) is 34.1 Å². The molecule has 0 aliphatic carbocycles. The molecule has 18 heavy (non-hydrogen) atoms. The van der Waals surface area contributed by atoms with Crippen LogP contribution < -0.4 is 0 Å². The molecule has 5 heteroatoms. The number of rotatable bonds is 5. The number of amides is 1. The first kappa shape index (κ1) is 15.6. The van der Waals surface area contributed by atoms with Crippen molar-refractivity contribution in [2.24, 2.45) is 0 Å². The van der Waals surface area contributed by atoms with Gasteiger partial charge in [-0.15, -0.1) is 0 Å². The van der Waals surface area contributed by atoms with Crippen LogP contribution in [0.3, 0.4) is 0 Å². The first-order valence-electron chi connectivity index (χ1n) is 5.78. The van der Waals surface area contributed by atoms with Crippen LogP contribution in [0.4, 0.5) is 4.39 Å². The monoisotopic (exact) mass is 379 g/mol. The van der Waals surface area contributed by atoms with Gasteiger partial charge in [0.15, 0.2) is 0 Å². The van der Waals surface area contributed by atoms with Gasteiger partial charge in [-0.1, -0.05) is 31.9 Å². The van der Waals surface area contributed by atoms with Crippen LogP contribution in [-0.2, 0) is 0 Å². The lowest BCUT2D eigenvalue weighted by Crippen LogP contribution is -2.37. The van der Waals surface area contributed by atoms with Gasteiger partial charge in [-0.05, 0) is 38.5 Å². The summed E-state index contributed by atoms with van der Waals surface area (Å²) in [5.74, 6) is -0.539. The molecule has 0 bridgehead atoms. The van der Waals surface area contributed by atoms with Crippen molar-refractivity contribution in [3.63, 3.8) is 0 Å². The Morgan fingerprint density at radius 1 is 1.39 bits per heavy atom. The summed E-state index contributed by atoms with van der Waals surface area (Å²) in [6.07, 6.45) is 0.875. The van der Waals surface area contributed by atoms with E-state index in [0.29, 0.717) is 16.6 Å². The normalized spacial score (nSPS) is 10.8. The quantitative estimate of drug-likeness (QED) is 0.700. The second-order valence-corrected chi connectivity index (χ2v) is 6.00. The van der Waals surface area contributed by atoms with Crippen LogP contribution >= 0.6 is 31.9 Å². The molecule has 0 fully saturated rings. The van der Waals surface area contributed by atoms with Gasteiger partial charge in [-0.3, -0.25) is 4.79 Å². The predicted molar refractivity (Wildman–Crippen MR) is 78.7 cm³/mol. The Balaban J connectivity index is 2.94. The largest absolute Gasteiger partial charge is 0.336 e. The molecule has 0 heterocycles. The summed E-state index contributed by atoms with van der Waals surface area (Å²) in [5.41, 5.74) is 0.380. The molecule has 100 valence electrons. The first-order valence-corrected chi connectivity index (χ1v) is 7.70. The molecule has 0 aromatic heterocycles. The number of hydrogen-bond donors (Lipinski definition) is 0. The van der Waals surface area contributed by atoms with Crippen LogP contribution in [-0.4, -0.2) is 28.7 Å². The third-order valence-electron chi connectivity index (χ3n) is 2.53. The zero-order valence-electron chi connectivity index (χ0n) is 10.4. The van der Waals surface area contributed by atoms with E-state index in [2.05, 4.69) is 31.9 Å². The summed E-state index contributed by atoms with van der Waals surface area (Å²) < 4.78 is 13.9. The van der Waals surface area contributed by atoms with Gasteiger partial charge in [0.2, 0.25) is 0 Å². The van der Waals surface area contributed by atoms with Crippen molar-refractivity contribution in [2.45, 2.75) is 26.3 Å². The maximum Gasteiger partial charge on any atom is 0.254 e. The van der Waals surface area contributed by atoms with Crippen LogP contribution in [0, 0.1) is 5.82 Å². The fourth-order valence-corrected chi connectivity index (χ4v) is 2.38. The van der Waals surface area contributed by atoms with Crippen LogP contribution in [0.1, 0.15) is 30.6 Å². The Hall–Kier alpha value is -0.420. The van der Waals surface area contributed by atoms with E-state index in [9.17, 15) is 9.18 Å². The Labute approximate surface area is 124 Å². The highest BCUT2D eigenvalue weighted by Crippen LogP contribution is 2.17. The fraction of sp³-hybridized carbons (Fsp3) is 0.462. The SMILES string of the molecule is CC(C)N(CCCBr)C(=O)c1cc(F)cc(Br)c1. The molecule has 2 nitrogen and oxygen atoms in total. The molecule has 0 aliphatic heterocycles. The molecule has 1 aromatic rings. The van der Waals surface area contributed by atoms with E-state index in [1.807, 2.05) is 13.8 Å². The number of hydrogen-bond acceptors (Lipinski definition) is 1.